The zero-order valence-electron chi connectivity index (χ0n) is 12.9. The van der Waals surface area contributed by atoms with Crippen LogP contribution in [0.3, 0.4) is 0 Å². The lowest BCUT2D eigenvalue weighted by Gasteiger charge is -2.18. The summed E-state index contributed by atoms with van der Waals surface area (Å²) in [5.74, 6) is 0.708. The minimum Gasteiger partial charge on any atom is -0.435 e. The Morgan fingerprint density at radius 1 is 1.08 bits per heavy atom. The van der Waals surface area contributed by atoms with Crippen LogP contribution in [0.15, 0.2) is 54.6 Å². The minimum atomic E-state index is -2.82. The van der Waals surface area contributed by atoms with Crippen LogP contribution in [0.25, 0.3) is 5.69 Å². The summed E-state index contributed by atoms with van der Waals surface area (Å²) in [6, 6.07) is 16.0. The SMILES string of the molecule is CN(Cc1ccc(OC(F)F)cc1)c1nnnn1-c1ccccc1. The molecule has 6 nitrogen and oxygen atoms in total. The molecule has 1 heterocycles. The fourth-order valence-electron chi connectivity index (χ4n) is 2.28. The summed E-state index contributed by atoms with van der Waals surface area (Å²) >= 11 is 0. The fraction of sp³-hybridized carbons (Fsp3) is 0.188. The van der Waals surface area contributed by atoms with Crippen molar-refractivity contribution >= 4 is 5.95 Å². The highest BCUT2D eigenvalue weighted by Gasteiger charge is 2.13. The average Bonchev–Trinajstić information content (AvgIpc) is 3.07. The predicted octanol–water partition coefficient (Wildman–Crippen LogP) is 2.90. The lowest BCUT2D eigenvalue weighted by Crippen LogP contribution is -2.20. The average molecular weight is 331 g/mol. The van der Waals surface area contributed by atoms with Gasteiger partial charge in [0.25, 0.3) is 0 Å². The van der Waals surface area contributed by atoms with Crippen molar-refractivity contribution in [2.45, 2.75) is 13.2 Å². The Morgan fingerprint density at radius 3 is 2.46 bits per heavy atom. The molecule has 0 N–H and O–H groups in total. The molecule has 0 bridgehead atoms. The molecule has 0 saturated heterocycles. The molecule has 24 heavy (non-hydrogen) atoms. The Kier molecular flexibility index (Phi) is 4.64. The highest BCUT2D eigenvalue weighted by atomic mass is 19.3. The van der Waals surface area contributed by atoms with Gasteiger partial charge >= 0.3 is 6.61 Å². The zero-order valence-corrected chi connectivity index (χ0v) is 12.9. The standard InChI is InChI=1S/C16H15F2N5O/c1-22(11-12-7-9-14(10-8-12)24-15(17)18)16-19-20-21-23(16)13-5-3-2-4-6-13/h2-10,15H,11H2,1H3. The number of ether oxygens (including phenoxy) is 1. The van der Waals surface area contributed by atoms with Crippen molar-refractivity contribution in [2.24, 2.45) is 0 Å². The molecule has 2 aromatic carbocycles. The normalized spacial score (nSPS) is 10.8. The number of para-hydroxylation sites is 1. The maximum absolute atomic E-state index is 12.2. The summed E-state index contributed by atoms with van der Waals surface area (Å²) in [6.07, 6.45) is 0. The van der Waals surface area contributed by atoms with Crippen LogP contribution >= 0.6 is 0 Å². The number of anilines is 1. The molecule has 124 valence electrons. The molecule has 0 aliphatic carbocycles. The molecule has 0 aliphatic rings. The molecule has 0 atom stereocenters. The van der Waals surface area contributed by atoms with Crippen molar-refractivity contribution in [3.05, 3.63) is 60.2 Å². The van der Waals surface area contributed by atoms with Gasteiger partial charge in [-0.3, -0.25) is 0 Å². The summed E-state index contributed by atoms with van der Waals surface area (Å²) in [6.45, 7) is -2.31. The van der Waals surface area contributed by atoms with E-state index < -0.39 is 6.61 Å². The third kappa shape index (κ3) is 3.65. The molecule has 8 heteroatoms. The van der Waals surface area contributed by atoms with E-state index in [9.17, 15) is 8.78 Å². The molecular formula is C16H15F2N5O. The molecule has 0 unspecified atom stereocenters. The summed E-state index contributed by atoms with van der Waals surface area (Å²) in [5, 5.41) is 11.8. The van der Waals surface area contributed by atoms with Gasteiger partial charge in [0.05, 0.1) is 5.69 Å². The smallest absolute Gasteiger partial charge is 0.387 e. The van der Waals surface area contributed by atoms with E-state index in [0.717, 1.165) is 11.3 Å². The van der Waals surface area contributed by atoms with Crippen LogP contribution < -0.4 is 9.64 Å². The number of benzene rings is 2. The third-order valence-corrected chi connectivity index (χ3v) is 3.36. The lowest BCUT2D eigenvalue weighted by molar-refractivity contribution is -0.0498. The summed E-state index contributed by atoms with van der Waals surface area (Å²) in [4.78, 5) is 1.87. The van der Waals surface area contributed by atoms with E-state index in [1.807, 2.05) is 42.3 Å². The van der Waals surface area contributed by atoms with Crippen molar-refractivity contribution in [1.29, 1.82) is 0 Å². The van der Waals surface area contributed by atoms with Crippen molar-refractivity contribution in [1.82, 2.24) is 20.2 Å². The quantitative estimate of drug-likeness (QED) is 0.695. The Bertz CT molecular complexity index is 777. The van der Waals surface area contributed by atoms with Crippen LogP contribution in [0.1, 0.15) is 5.56 Å². The first-order chi connectivity index (χ1) is 11.6. The van der Waals surface area contributed by atoms with E-state index in [2.05, 4.69) is 20.3 Å². The highest BCUT2D eigenvalue weighted by Crippen LogP contribution is 2.19. The second-order valence-corrected chi connectivity index (χ2v) is 5.10. The van der Waals surface area contributed by atoms with Crippen molar-refractivity contribution in [3.63, 3.8) is 0 Å². The van der Waals surface area contributed by atoms with Gasteiger partial charge in [-0.15, -0.1) is 0 Å². The molecule has 0 spiro atoms. The third-order valence-electron chi connectivity index (χ3n) is 3.36. The van der Waals surface area contributed by atoms with E-state index in [0.29, 0.717) is 12.5 Å². The summed E-state index contributed by atoms with van der Waals surface area (Å²) < 4.78 is 30.3. The largest absolute Gasteiger partial charge is 0.435 e. The lowest BCUT2D eigenvalue weighted by atomic mass is 10.2. The maximum Gasteiger partial charge on any atom is 0.387 e. The van der Waals surface area contributed by atoms with Crippen molar-refractivity contribution < 1.29 is 13.5 Å². The Morgan fingerprint density at radius 2 is 1.79 bits per heavy atom. The van der Waals surface area contributed by atoms with Gasteiger partial charge in [-0.2, -0.15) is 13.5 Å². The fourth-order valence-corrected chi connectivity index (χ4v) is 2.28. The summed E-state index contributed by atoms with van der Waals surface area (Å²) in [7, 11) is 1.86. The second kappa shape index (κ2) is 7.03. The van der Waals surface area contributed by atoms with Gasteiger partial charge in [0.1, 0.15) is 5.75 Å². The Hall–Kier alpha value is -3.03. The first-order valence-electron chi connectivity index (χ1n) is 7.22. The number of aromatic nitrogens is 4. The molecule has 0 fully saturated rings. The molecular weight excluding hydrogens is 316 g/mol. The number of rotatable bonds is 6. The highest BCUT2D eigenvalue weighted by molar-refractivity contribution is 5.41. The van der Waals surface area contributed by atoms with Crippen LogP contribution in [0.5, 0.6) is 5.75 Å². The van der Waals surface area contributed by atoms with Crippen molar-refractivity contribution in [2.75, 3.05) is 11.9 Å². The van der Waals surface area contributed by atoms with Gasteiger partial charge in [-0.1, -0.05) is 35.4 Å². The number of hydrogen-bond donors (Lipinski definition) is 0. The molecule has 0 aliphatic heterocycles. The van der Waals surface area contributed by atoms with Gasteiger partial charge < -0.3 is 9.64 Å². The molecule has 0 saturated carbocycles. The van der Waals surface area contributed by atoms with Gasteiger partial charge in [-0.05, 0) is 40.3 Å². The van der Waals surface area contributed by atoms with E-state index in [-0.39, 0.29) is 5.75 Å². The van der Waals surface area contributed by atoms with Gasteiger partial charge in [-0.25, -0.2) is 0 Å². The molecule has 0 radical (unpaired) electrons. The van der Waals surface area contributed by atoms with E-state index in [1.165, 1.54) is 12.1 Å². The van der Waals surface area contributed by atoms with Crippen molar-refractivity contribution in [3.8, 4) is 11.4 Å². The molecule has 0 amide bonds. The van der Waals surface area contributed by atoms with Crippen LogP contribution in [0.2, 0.25) is 0 Å². The summed E-state index contributed by atoms with van der Waals surface area (Å²) in [5.41, 5.74) is 1.77. The zero-order chi connectivity index (χ0) is 16.9. The molecule has 3 rings (SSSR count). The number of alkyl halides is 2. The number of halogens is 2. The van der Waals surface area contributed by atoms with E-state index >= 15 is 0 Å². The topological polar surface area (TPSA) is 56.1 Å². The number of hydrogen-bond acceptors (Lipinski definition) is 5. The molecule has 3 aromatic rings. The van der Waals surface area contributed by atoms with Crippen LogP contribution in [0, 0.1) is 0 Å². The number of tetrazole rings is 1. The van der Waals surface area contributed by atoms with Crippen LogP contribution in [0.4, 0.5) is 14.7 Å². The minimum absolute atomic E-state index is 0.130. The van der Waals surface area contributed by atoms with Gasteiger partial charge in [0.2, 0.25) is 5.95 Å². The first kappa shape index (κ1) is 15.9. The van der Waals surface area contributed by atoms with Gasteiger partial charge in [0.15, 0.2) is 0 Å². The Labute approximate surface area is 137 Å². The molecule has 1 aromatic heterocycles. The maximum atomic E-state index is 12.2. The number of nitrogens with zero attached hydrogens (tertiary/aromatic N) is 5. The predicted molar refractivity (Wildman–Crippen MR) is 84.3 cm³/mol. The second-order valence-electron chi connectivity index (χ2n) is 5.10. The first-order valence-corrected chi connectivity index (χ1v) is 7.22. The van der Waals surface area contributed by atoms with Crippen LogP contribution in [-0.4, -0.2) is 33.9 Å². The van der Waals surface area contributed by atoms with Crippen LogP contribution in [-0.2, 0) is 6.54 Å². The van der Waals surface area contributed by atoms with E-state index in [1.54, 1.807) is 16.8 Å². The monoisotopic (exact) mass is 331 g/mol. The van der Waals surface area contributed by atoms with E-state index in [4.69, 9.17) is 0 Å². The Balaban J connectivity index is 1.74. The van der Waals surface area contributed by atoms with Gasteiger partial charge in [0, 0.05) is 13.6 Å².